The molecule has 1 saturated carbocycles. The molecule has 4 amide bonds. The molecule has 1 heterocycles. The molecule has 0 radical (unpaired) electrons. The maximum atomic E-state index is 12.9. The highest BCUT2D eigenvalue weighted by Gasteiger charge is 2.39. The van der Waals surface area contributed by atoms with E-state index >= 15 is 0 Å². The number of hydrogen-bond acceptors (Lipinski definition) is 8. The number of nitrogens with zero attached hydrogens (tertiary/aromatic N) is 3. The first-order valence-electron chi connectivity index (χ1n) is 14.7. The van der Waals surface area contributed by atoms with Gasteiger partial charge in [0.15, 0.2) is 0 Å². The summed E-state index contributed by atoms with van der Waals surface area (Å²) in [7, 11) is -4.03. The topological polar surface area (TPSA) is 190 Å². The molecule has 1 aliphatic carbocycles. The number of fused-ring (bicyclic) bond motifs is 1. The Labute approximate surface area is 266 Å². The van der Waals surface area contributed by atoms with Crippen molar-refractivity contribution in [2.45, 2.75) is 49.6 Å². The van der Waals surface area contributed by atoms with E-state index in [1.165, 1.54) is 19.1 Å². The summed E-state index contributed by atoms with van der Waals surface area (Å²) >= 11 is 5.47. The van der Waals surface area contributed by atoms with Crippen molar-refractivity contribution in [2.24, 2.45) is 16.9 Å². The third kappa shape index (κ3) is 9.77. The normalized spacial score (nSPS) is 20.4. The van der Waals surface area contributed by atoms with Crippen LogP contribution in [0.25, 0.3) is 10.8 Å². The van der Waals surface area contributed by atoms with Crippen LogP contribution in [0.4, 0.5) is 4.79 Å². The Kier molecular flexibility index (Phi) is 11.6. The minimum absolute atomic E-state index is 0.00120. The molecule has 0 bridgehead atoms. The minimum atomic E-state index is -4.03. The Balaban J connectivity index is 1.23. The van der Waals surface area contributed by atoms with Gasteiger partial charge in [0.2, 0.25) is 27.7 Å². The fourth-order valence-electron chi connectivity index (χ4n) is 5.06. The Morgan fingerprint density at radius 2 is 1.91 bits per heavy atom. The molecule has 2 aromatic carbocycles. The van der Waals surface area contributed by atoms with Gasteiger partial charge in [-0.05, 0) is 61.4 Å². The summed E-state index contributed by atoms with van der Waals surface area (Å²) in [5.41, 5.74) is 0. The molecule has 45 heavy (non-hydrogen) atoms. The first-order valence-corrected chi connectivity index (χ1v) is 16.7. The number of amides is 4. The first-order chi connectivity index (χ1) is 21.5. The standard InChI is InChI=1S/C29H38ClN7O7S/c1-19(35-45(43,44)24-9-8-20-5-2-3-6-21(20)13-24)27(39)32-17-36(29(41)42)18-33-37-12-4-7-23(16-37)28(40)34-25-14-22(25)10-11-31-26(38)15-30/h2-3,5-6,8-9,13,18-19,22-23,25,35H,4,7,10-12,14-17H2,1H3,(H,31,38)(H,32,39)(H,34,40)(H,41,42)/t19-,22?,23-,25?/m0/s1. The number of alkyl halides is 1. The van der Waals surface area contributed by atoms with Gasteiger partial charge in [0, 0.05) is 25.7 Å². The predicted molar refractivity (Wildman–Crippen MR) is 168 cm³/mol. The number of carboxylic acid groups (broad SMARTS) is 1. The second-order valence-electron chi connectivity index (χ2n) is 11.2. The lowest BCUT2D eigenvalue weighted by Gasteiger charge is -2.30. The number of carbonyl (C=O) groups is 4. The summed E-state index contributed by atoms with van der Waals surface area (Å²) in [6, 6.07) is 10.8. The van der Waals surface area contributed by atoms with Crippen LogP contribution in [0.2, 0.25) is 0 Å². The summed E-state index contributed by atoms with van der Waals surface area (Å²) < 4.78 is 28.1. The van der Waals surface area contributed by atoms with Gasteiger partial charge in [0.25, 0.3) is 0 Å². The molecule has 2 aromatic rings. The summed E-state index contributed by atoms with van der Waals surface area (Å²) in [5.74, 6) is -1.13. The van der Waals surface area contributed by atoms with Gasteiger partial charge in [0.05, 0.1) is 16.9 Å². The number of carbonyl (C=O) groups excluding carboxylic acids is 3. The Bertz CT molecular complexity index is 1540. The quantitative estimate of drug-likeness (QED) is 0.0869. The molecule has 14 nitrogen and oxygen atoms in total. The molecule has 2 unspecified atom stereocenters. The third-order valence-corrected chi connectivity index (χ3v) is 9.54. The van der Waals surface area contributed by atoms with E-state index in [1.54, 1.807) is 23.2 Å². The third-order valence-electron chi connectivity index (χ3n) is 7.76. The highest BCUT2D eigenvalue weighted by atomic mass is 35.5. The average molecular weight is 664 g/mol. The molecule has 16 heteroatoms. The SMILES string of the molecule is C[C@H](NS(=O)(=O)c1ccc2ccccc2c1)C(=O)NCN(C=NN1CCC[C@H](C(=O)NC2CC2CCNC(=O)CCl)C1)C(=O)O. The number of halogens is 1. The number of sulfonamides is 1. The highest BCUT2D eigenvalue weighted by molar-refractivity contribution is 7.89. The van der Waals surface area contributed by atoms with Gasteiger partial charge in [-0.2, -0.15) is 9.82 Å². The average Bonchev–Trinajstić information content (AvgIpc) is 3.77. The lowest BCUT2D eigenvalue weighted by molar-refractivity contribution is -0.127. The van der Waals surface area contributed by atoms with Crippen LogP contribution in [-0.2, 0) is 24.4 Å². The maximum absolute atomic E-state index is 12.9. The van der Waals surface area contributed by atoms with E-state index in [9.17, 15) is 32.7 Å². The molecule has 0 aromatic heterocycles. The largest absolute Gasteiger partial charge is 0.465 e. The fraction of sp³-hybridized carbons (Fsp3) is 0.483. The number of hydrogen-bond donors (Lipinski definition) is 5. The number of benzene rings is 2. The van der Waals surface area contributed by atoms with Crippen LogP contribution in [0.3, 0.4) is 0 Å². The van der Waals surface area contributed by atoms with E-state index in [0.29, 0.717) is 38.4 Å². The summed E-state index contributed by atoms with van der Waals surface area (Å²) in [6.07, 6.45) is 2.64. The van der Waals surface area contributed by atoms with Crippen molar-refractivity contribution >= 4 is 62.5 Å². The lowest BCUT2D eigenvalue weighted by atomic mass is 9.98. The summed E-state index contributed by atoms with van der Waals surface area (Å²) in [6.45, 7) is 2.23. The van der Waals surface area contributed by atoms with Crippen LogP contribution < -0.4 is 20.7 Å². The first kappa shape index (κ1) is 33.9. The molecule has 4 rings (SSSR count). The number of rotatable bonds is 14. The zero-order valence-corrected chi connectivity index (χ0v) is 26.4. The van der Waals surface area contributed by atoms with Crippen LogP contribution >= 0.6 is 11.6 Å². The summed E-state index contributed by atoms with van der Waals surface area (Å²) in [5, 5.41) is 25.2. The maximum Gasteiger partial charge on any atom is 0.414 e. The van der Waals surface area contributed by atoms with E-state index < -0.39 is 34.7 Å². The second kappa shape index (κ2) is 15.4. The predicted octanol–water partition coefficient (Wildman–Crippen LogP) is 1.47. The van der Waals surface area contributed by atoms with Crippen molar-refractivity contribution < 1.29 is 32.7 Å². The van der Waals surface area contributed by atoms with Crippen molar-refractivity contribution in [3.8, 4) is 0 Å². The summed E-state index contributed by atoms with van der Waals surface area (Å²) in [4.78, 5) is 49.3. The van der Waals surface area contributed by atoms with Crippen molar-refractivity contribution in [1.82, 2.24) is 30.6 Å². The Morgan fingerprint density at radius 3 is 2.64 bits per heavy atom. The van der Waals surface area contributed by atoms with Gasteiger partial charge < -0.3 is 21.1 Å². The molecule has 5 N–H and O–H groups in total. The molecule has 1 aliphatic heterocycles. The Hall–Kier alpha value is -3.95. The molecule has 1 saturated heterocycles. The fourth-order valence-corrected chi connectivity index (χ4v) is 6.39. The van der Waals surface area contributed by atoms with Crippen LogP contribution in [0, 0.1) is 11.8 Å². The van der Waals surface area contributed by atoms with Crippen LogP contribution in [0.15, 0.2) is 52.5 Å². The molecule has 4 atom stereocenters. The van der Waals surface area contributed by atoms with Crippen LogP contribution in [0.5, 0.6) is 0 Å². The van der Waals surface area contributed by atoms with Crippen LogP contribution in [0.1, 0.15) is 32.6 Å². The van der Waals surface area contributed by atoms with E-state index in [-0.39, 0.29) is 34.5 Å². The van der Waals surface area contributed by atoms with E-state index in [0.717, 1.165) is 34.9 Å². The molecule has 244 valence electrons. The molecular formula is C29H38ClN7O7S. The highest BCUT2D eigenvalue weighted by Crippen LogP contribution is 2.33. The Morgan fingerprint density at radius 1 is 1.16 bits per heavy atom. The zero-order valence-electron chi connectivity index (χ0n) is 24.8. The number of hydrazone groups is 1. The van der Waals surface area contributed by atoms with Crippen molar-refractivity contribution in [3.05, 3.63) is 42.5 Å². The van der Waals surface area contributed by atoms with E-state index in [2.05, 4.69) is 25.8 Å². The minimum Gasteiger partial charge on any atom is -0.465 e. The van der Waals surface area contributed by atoms with E-state index in [4.69, 9.17) is 11.6 Å². The smallest absolute Gasteiger partial charge is 0.414 e. The van der Waals surface area contributed by atoms with Gasteiger partial charge in [-0.3, -0.25) is 19.4 Å². The lowest BCUT2D eigenvalue weighted by Crippen LogP contribution is -2.48. The van der Waals surface area contributed by atoms with Crippen LogP contribution in [-0.4, -0.2) is 97.9 Å². The zero-order chi connectivity index (χ0) is 32.6. The molecule has 0 spiro atoms. The molecular weight excluding hydrogens is 626 g/mol. The molecule has 2 fully saturated rings. The number of piperidine rings is 1. The van der Waals surface area contributed by atoms with Gasteiger partial charge in [0.1, 0.15) is 18.9 Å². The van der Waals surface area contributed by atoms with Gasteiger partial charge in [-0.15, -0.1) is 11.6 Å². The van der Waals surface area contributed by atoms with E-state index in [1.807, 2.05) is 12.1 Å². The van der Waals surface area contributed by atoms with Gasteiger partial charge in [-0.25, -0.2) is 18.1 Å². The molecule has 2 aliphatic rings. The van der Waals surface area contributed by atoms with Crippen molar-refractivity contribution in [1.29, 1.82) is 0 Å². The van der Waals surface area contributed by atoms with Crippen molar-refractivity contribution in [3.63, 3.8) is 0 Å². The van der Waals surface area contributed by atoms with Gasteiger partial charge in [-0.1, -0.05) is 30.3 Å². The monoisotopic (exact) mass is 663 g/mol. The number of nitrogens with one attached hydrogen (secondary N) is 4. The van der Waals surface area contributed by atoms with Crippen molar-refractivity contribution in [2.75, 3.05) is 32.2 Å². The second-order valence-corrected chi connectivity index (χ2v) is 13.2. The van der Waals surface area contributed by atoms with Gasteiger partial charge >= 0.3 is 6.09 Å².